The molecule has 0 spiro atoms. The molecule has 2 unspecified atom stereocenters. The first-order chi connectivity index (χ1) is 7.56. The molecule has 0 aliphatic heterocycles. The van der Waals surface area contributed by atoms with Crippen molar-refractivity contribution in [2.24, 2.45) is 0 Å². The Labute approximate surface area is 107 Å². The molecule has 1 aliphatic carbocycles. The van der Waals surface area contributed by atoms with E-state index >= 15 is 0 Å². The molecule has 0 radical (unpaired) electrons. The Morgan fingerprint density at radius 2 is 1.94 bits per heavy atom. The summed E-state index contributed by atoms with van der Waals surface area (Å²) in [5, 5.41) is 3.46. The van der Waals surface area contributed by atoms with Gasteiger partial charge in [-0.05, 0) is 68.0 Å². The molecular formula is C14H20BrN. The van der Waals surface area contributed by atoms with Gasteiger partial charge in [0.05, 0.1) is 0 Å². The Bertz CT molecular complexity index is 412. The van der Waals surface area contributed by atoms with Gasteiger partial charge in [-0.25, -0.2) is 0 Å². The number of hydrogen-bond donors (Lipinski definition) is 1. The highest BCUT2D eigenvalue weighted by molar-refractivity contribution is 9.10. The summed E-state index contributed by atoms with van der Waals surface area (Å²) in [6, 6.07) is 2.80. The van der Waals surface area contributed by atoms with Crippen molar-refractivity contribution >= 4 is 15.9 Å². The zero-order chi connectivity index (χ0) is 11.9. The summed E-state index contributed by atoms with van der Waals surface area (Å²) < 4.78 is 1.25. The van der Waals surface area contributed by atoms with Crippen LogP contribution in [0.2, 0.25) is 0 Å². The molecular weight excluding hydrogens is 262 g/mol. The van der Waals surface area contributed by atoms with Crippen LogP contribution in [-0.2, 0) is 0 Å². The smallest absolute Gasteiger partial charge is 0.0323 e. The summed E-state index contributed by atoms with van der Waals surface area (Å²) in [6.07, 6.45) is 2.54. The topological polar surface area (TPSA) is 12.0 Å². The molecule has 0 amide bonds. The average Bonchev–Trinajstić information content (AvgIpc) is 2.25. The SMILES string of the molecule is CNC1CCC(C)c2c(C)cc(Br)c(C)c21. The summed E-state index contributed by atoms with van der Waals surface area (Å²) in [5.74, 6) is 0.700. The molecule has 0 bridgehead atoms. The maximum Gasteiger partial charge on any atom is 0.0323 e. The second kappa shape index (κ2) is 4.50. The quantitative estimate of drug-likeness (QED) is 0.813. The molecule has 1 aromatic carbocycles. The van der Waals surface area contributed by atoms with E-state index in [-0.39, 0.29) is 0 Å². The first kappa shape index (κ1) is 12.1. The van der Waals surface area contributed by atoms with Crippen LogP contribution in [0.15, 0.2) is 10.5 Å². The van der Waals surface area contributed by atoms with Gasteiger partial charge < -0.3 is 5.32 Å². The lowest BCUT2D eigenvalue weighted by Crippen LogP contribution is -2.25. The van der Waals surface area contributed by atoms with Crippen LogP contribution in [-0.4, -0.2) is 7.05 Å². The molecule has 0 saturated heterocycles. The number of halogens is 1. The number of benzene rings is 1. The molecule has 2 heteroatoms. The van der Waals surface area contributed by atoms with Crippen LogP contribution in [0.1, 0.15) is 54.0 Å². The van der Waals surface area contributed by atoms with E-state index in [2.05, 4.69) is 55.1 Å². The molecule has 88 valence electrons. The van der Waals surface area contributed by atoms with E-state index in [0.29, 0.717) is 12.0 Å². The van der Waals surface area contributed by atoms with Crippen LogP contribution in [0.25, 0.3) is 0 Å². The fourth-order valence-electron chi connectivity index (χ4n) is 3.02. The van der Waals surface area contributed by atoms with Crippen LogP contribution in [0.4, 0.5) is 0 Å². The Hall–Kier alpha value is -0.340. The van der Waals surface area contributed by atoms with Crippen LogP contribution in [0.3, 0.4) is 0 Å². The fourth-order valence-corrected chi connectivity index (χ4v) is 3.57. The van der Waals surface area contributed by atoms with Crippen LogP contribution in [0, 0.1) is 13.8 Å². The predicted octanol–water partition coefficient (Wildman–Crippen LogP) is 4.22. The molecule has 16 heavy (non-hydrogen) atoms. The Balaban J connectivity index is 2.67. The highest BCUT2D eigenvalue weighted by atomic mass is 79.9. The largest absolute Gasteiger partial charge is 0.313 e. The van der Waals surface area contributed by atoms with Gasteiger partial charge in [-0.3, -0.25) is 0 Å². The first-order valence-corrected chi connectivity index (χ1v) is 6.82. The molecule has 2 atom stereocenters. The number of nitrogens with one attached hydrogen (secondary N) is 1. The summed E-state index contributed by atoms with van der Waals surface area (Å²) in [7, 11) is 2.07. The summed E-state index contributed by atoms with van der Waals surface area (Å²) >= 11 is 3.67. The average molecular weight is 282 g/mol. The van der Waals surface area contributed by atoms with Gasteiger partial charge in [-0.2, -0.15) is 0 Å². The highest BCUT2D eigenvalue weighted by Crippen LogP contribution is 2.42. The van der Waals surface area contributed by atoms with E-state index < -0.39 is 0 Å². The maximum absolute atomic E-state index is 3.67. The summed E-state index contributed by atoms with van der Waals surface area (Å²) in [5.41, 5.74) is 5.95. The molecule has 1 aromatic rings. The minimum absolute atomic E-state index is 0.530. The van der Waals surface area contributed by atoms with Crippen molar-refractivity contribution in [3.05, 3.63) is 32.8 Å². The normalized spacial score (nSPS) is 24.3. The van der Waals surface area contributed by atoms with Crippen molar-refractivity contribution in [1.29, 1.82) is 0 Å². The van der Waals surface area contributed by atoms with E-state index in [1.165, 1.54) is 34.0 Å². The fraction of sp³-hybridized carbons (Fsp3) is 0.571. The van der Waals surface area contributed by atoms with E-state index in [1.54, 1.807) is 5.56 Å². The molecule has 1 N–H and O–H groups in total. The van der Waals surface area contributed by atoms with Crippen molar-refractivity contribution in [2.75, 3.05) is 7.05 Å². The van der Waals surface area contributed by atoms with Gasteiger partial charge in [0.15, 0.2) is 0 Å². The van der Waals surface area contributed by atoms with E-state index in [9.17, 15) is 0 Å². The molecule has 2 rings (SSSR count). The molecule has 0 aromatic heterocycles. The monoisotopic (exact) mass is 281 g/mol. The summed E-state index contributed by atoms with van der Waals surface area (Å²) in [4.78, 5) is 0. The van der Waals surface area contributed by atoms with Crippen LogP contribution >= 0.6 is 15.9 Å². The van der Waals surface area contributed by atoms with Crippen molar-refractivity contribution in [3.63, 3.8) is 0 Å². The third-order valence-corrected chi connectivity index (χ3v) is 4.72. The zero-order valence-electron chi connectivity index (χ0n) is 10.5. The number of fused-ring (bicyclic) bond motifs is 1. The molecule has 1 nitrogen and oxygen atoms in total. The van der Waals surface area contributed by atoms with Gasteiger partial charge in [0.2, 0.25) is 0 Å². The van der Waals surface area contributed by atoms with Gasteiger partial charge in [0, 0.05) is 10.5 Å². The Kier molecular flexibility index (Phi) is 3.41. The van der Waals surface area contributed by atoms with Gasteiger partial charge in [-0.1, -0.05) is 22.9 Å². The third-order valence-electron chi connectivity index (χ3n) is 3.90. The third kappa shape index (κ3) is 1.82. The molecule has 0 fully saturated rings. The Morgan fingerprint density at radius 1 is 1.25 bits per heavy atom. The lowest BCUT2D eigenvalue weighted by molar-refractivity contribution is 0.456. The molecule has 1 aliphatic rings. The van der Waals surface area contributed by atoms with Crippen molar-refractivity contribution in [1.82, 2.24) is 5.32 Å². The van der Waals surface area contributed by atoms with Gasteiger partial charge in [0.25, 0.3) is 0 Å². The van der Waals surface area contributed by atoms with Crippen molar-refractivity contribution in [2.45, 2.75) is 45.6 Å². The molecule has 0 saturated carbocycles. The van der Waals surface area contributed by atoms with Crippen molar-refractivity contribution < 1.29 is 0 Å². The number of rotatable bonds is 1. The summed E-state index contributed by atoms with van der Waals surface area (Å²) in [6.45, 7) is 6.81. The maximum atomic E-state index is 3.67. The van der Waals surface area contributed by atoms with E-state index in [1.807, 2.05) is 0 Å². The van der Waals surface area contributed by atoms with Crippen molar-refractivity contribution in [3.8, 4) is 0 Å². The predicted molar refractivity (Wildman–Crippen MR) is 73.1 cm³/mol. The lowest BCUT2D eigenvalue weighted by atomic mass is 9.77. The lowest BCUT2D eigenvalue weighted by Gasteiger charge is -2.33. The molecule has 0 heterocycles. The second-order valence-corrected chi connectivity index (χ2v) is 5.80. The number of hydrogen-bond acceptors (Lipinski definition) is 1. The van der Waals surface area contributed by atoms with E-state index in [4.69, 9.17) is 0 Å². The second-order valence-electron chi connectivity index (χ2n) is 4.95. The zero-order valence-corrected chi connectivity index (χ0v) is 12.1. The van der Waals surface area contributed by atoms with Gasteiger partial charge >= 0.3 is 0 Å². The van der Waals surface area contributed by atoms with Crippen LogP contribution in [0.5, 0.6) is 0 Å². The minimum atomic E-state index is 0.530. The highest BCUT2D eigenvalue weighted by Gasteiger charge is 2.27. The first-order valence-electron chi connectivity index (χ1n) is 6.03. The van der Waals surface area contributed by atoms with Crippen LogP contribution < -0.4 is 5.32 Å². The van der Waals surface area contributed by atoms with Gasteiger partial charge in [0.1, 0.15) is 0 Å². The minimum Gasteiger partial charge on any atom is -0.313 e. The number of aryl methyl sites for hydroxylation is 1. The standard InChI is InChI=1S/C14H20BrN/c1-8-5-6-12(16-4)14-10(3)11(15)7-9(2)13(8)14/h7-8,12,16H,5-6H2,1-4H3. The van der Waals surface area contributed by atoms with Gasteiger partial charge in [-0.15, -0.1) is 0 Å². The Morgan fingerprint density at radius 3 is 2.56 bits per heavy atom. The van der Waals surface area contributed by atoms with E-state index in [0.717, 1.165) is 0 Å².